The number of cyclic esters (lactones) is 1. The highest BCUT2D eigenvalue weighted by Gasteiger charge is 2.41. The van der Waals surface area contributed by atoms with Crippen LogP contribution in [0.3, 0.4) is 0 Å². The van der Waals surface area contributed by atoms with E-state index in [2.05, 4.69) is 10.3 Å². The number of hydrogen-bond donors (Lipinski definition) is 1. The molecule has 39 heavy (non-hydrogen) atoms. The van der Waals surface area contributed by atoms with E-state index >= 15 is 4.39 Å². The molecule has 2 amide bonds. The van der Waals surface area contributed by atoms with Crippen molar-refractivity contribution < 1.29 is 33.1 Å². The third-order valence-electron chi connectivity index (χ3n) is 6.25. The monoisotopic (exact) mass is 559 g/mol. The van der Waals surface area contributed by atoms with Gasteiger partial charge < -0.3 is 29.6 Å². The van der Waals surface area contributed by atoms with E-state index in [9.17, 15) is 19.7 Å². The molecule has 1 N–H and O–H groups in total. The zero-order chi connectivity index (χ0) is 27.9. The first-order valence-corrected chi connectivity index (χ1v) is 12.2. The Balaban J connectivity index is 1.24. The molecule has 3 aromatic rings. The van der Waals surface area contributed by atoms with Crippen LogP contribution in [0.4, 0.5) is 20.7 Å². The maximum absolute atomic E-state index is 15.1. The summed E-state index contributed by atoms with van der Waals surface area (Å²) in [6.45, 7) is 3.91. The Morgan fingerprint density at radius 1 is 1.33 bits per heavy atom. The van der Waals surface area contributed by atoms with E-state index in [0.717, 1.165) is 0 Å². The van der Waals surface area contributed by atoms with Crippen LogP contribution in [0.5, 0.6) is 11.8 Å². The summed E-state index contributed by atoms with van der Waals surface area (Å²) < 4.78 is 33.5. The van der Waals surface area contributed by atoms with E-state index in [1.807, 2.05) is 0 Å². The zero-order valence-electron chi connectivity index (χ0n) is 20.8. The lowest BCUT2D eigenvalue weighted by Crippen LogP contribution is -2.38. The van der Waals surface area contributed by atoms with Crippen LogP contribution in [0.2, 0.25) is 5.02 Å². The number of aromatic nitrogens is 2. The smallest absolute Gasteiger partial charge is 0.415 e. The van der Waals surface area contributed by atoms with Gasteiger partial charge in [0.1, 0.15) is 30.5 Å². The molecule has 14 heteroatoms. The Morgan fingerprint density at radius 2 is 2.10 bits per heavy atom. The van der Waals surface area contributed by atoms with Crippen LogP contribution in [0, 0.1) is 15.9 Å². The van der Waals surface area contributed by atoms with Gasteiger partial charge in [0.05, 0.1) is 30.3 Å². The molecular weight excluding hydrogens is 537 g/mol. The second-order valence-corrected chi connectivity index (χ2v) is 9.87. The molecular formula is C25H23ClFN5O7. The topological polar surface area (TPSA) is 138 Å². The Hall–Kier alpha value is -4.39. The minimum atomic E-state index is -0.803. The van der Waals surface area contributed by atoms with Crippen LogP contribution in [0.1, 0.15) is 13.8 Å². The Labute approximate surface area is 226 Å². The Bertz CT molecular complexity index is 1460. The lowest BCUT2D eigenvalue weighted by atomic mass is 10.0. The number of fused-ring (bicyclic) bond motifs is 1. The minimum Gasteiger partial charge on any atom is -0.489 e. The first kappa shape index (κ1) is 26.2. The summed E-state index contributed by atoms with van der Waals surface area (Å²) in [7, 11) is 0. The van der Waals surface area contributed by atoms with Gasteiger partial charge in [0, 0.05) is 23.0 Å². The number of imidazole rings is 1. The summed E-state index contributed by atoms with van der Waals surface area (Å²) in [5.41, 5.74) is 0.174. The van der Waals surface area contributed by atoms with Crippen LogP contribution < -0.4 is 19.7 Å². The molecule has 1 saturated heterocycles. The van der Waals surface area contributed by atoms with Crippen molar-refractivity contribution in [2.45, 2.75) is 32.1 Å². The van der Waals surface area contributed by atoms with E-state index in [-0.39, 0.29) is 48.0 Å². The lowest BCUT2D eigenvalue weighted by Gasteiger charge is -2.22. The molecule has 2 atom stereocenters. The number of nitrogens with one attached hydrogen (secondary N) is 1. The number of nitrogens with zero attached hydrogens (tertiary/aromatic N) is 4. The van der Waals surface area contributed by atoms with Crippen molar-refractivity contribution in [1.29, 1.82) is 0 Å². The van der Waals surface area contributed by atoms with E-state index in [4.69, 9.17) is 25.8 Å². The number of nitro groups is 1. The molecule has 204 valence electrons. The Kier molecular flexibility index (Phi) is 6.76. The summed E-state index contributed by atoms with van der Waals surface area (Å²) in [6, 6.07) is 9.30. The summed E-state index contributed by atoms with van der Waals surface area (Å²) in [5.74, 6) is -0.694. The van der Waals surface area contributed by atoms with Crippen molar-refractivity contribution in [3.05, 3.63) is 63.5 Å². The largest absolute Gasteiger partial charge is 0.489 e. The molecule has 12 nitrogen and oxygen atoms in total. The fourth-order valence-corrected chi connectivity index (χ4v) is 4.66. The van der Waals surface area contributed by atoms with Gasteiger partial charge in [-0.05, 0) is 48.2 Å². The van der Waals surface area contributed by atoms with Gasteiger partial charge in [-0.2, -0.15) is 0 Å². The highest BCUT2D eigenvalue weighted by molar-refractivity contribution is 6.33. The van der Waals surface area contributed by atoms with Gasteiger partial charge in [0.2, 0.25) is 5.91 Å². The first-order chi connectivity index (χ1) is 18.5. The second kappa shape index (κ2) is 10.1. The average molecular weight is 560 g/mol. The molecule has 1 fully saturated rings. The number of hydrogen-bond acceptors (Lipinski definition) is 8. The maximum atomic E-state index is 15.1. The number of amides is 2. The molecule has 3 heterocycles. The van der Waals surface area contributed by atoms with Crippen LogP contribution in [0.15, 0.2) is 42.6 Å². The van der Waals surface area contributed by atoms with Crippen molar-refractivity contribution in [3.8, 4) is 22.9 Å². The van der Waals surface area contributed by atoms with Gasteiger partial charge in [-0.3, -0.25) is 14.3 Å². The van der Waals surface area contributed by atoms with Gasteiger partial charge >= 0.3 is 17.9 Å². The first-order valence-electron chi connectivity index (χ1n) is 11.9. The van der Waals surface area contributed by atoms with Crippen molar-refractivity contribution in [3.63, 3.8) is 0 Å². The number of benzene rings is 2. The second-order valence-electron chi connectivity index (χ2n) is 9.47. The normalized spacial score (nSPS) is 19.8. The number of halogens is 2. The van der Waals surface area contributed by atoms with E-state index < -0.39 is 28.5 Å². The van der Waals surface area contributed by atoms with Gasteiger partial charge in [0.15, 0.2) is 5.60 Å². The fraction of sp³-hybridized carbons (Fsp3) is 0.320. The van der Waals surface area contributed by atoms with Crippen molar-refractivity contribution in [2.24, 2.45) is 0 Å². The molecule has 0 aliphatic carbocycles. The van der Waals surface area contributed by atoms with E-state index in [1.54, 1.807) is 35.8 Å². The van der Waals surface area contributed by atoms with Crippen LogP contribution >= 0.6 is 11.6 Å². The molecule has 1 aromatic heterocycles. The van der Waals surface area contributed by atoms with Gasteiger partial charge in [-0.15, -0.1) is 0 Å². The predicted octanol–water partition coefficient (Wildman–Crippen LogP) is 3.94. The molecule has 2 aliphatic rings. The number of ether oxygens (including phenoxy) is 3. The van der Waals surface area contributed by atoms with Crippen molar-refractivity contribution in [2.75, 3.05) is 24.6 Å². The van der Waals surface area contributed by atoms with E-state index in [0.29, 0.717) is 23.5 Å². The van der Waals surface area contributed by atoms with Crippen molar-refractivity contribution in [1.82, 2.24) is 14.9 Å². The van der Waals surface area contributed by atoms with E-state index in [1.165, 1.54) is 30.2 Å². The summed E-state index contributed by atoms with van der Waals surface area (Å²) in [6.07, 6.45) is 0.143. The standard InChI is InChI=1S/C25H23ClFN5O7/c1-14(33)28-9-17-10-31(24(34)38-17)15-3-5-19(21(27)7-15)18-6-4-16(8-20(18)26)37-13-25(2)12-30-11-22(32(35)36)29-23(30)39-25/h3-8,11,17H,9-10,12-13H2,1-2H3,(H,28,33). The molecule has 0 bridgehead atoms. The van der Waals surface area contributed by atoms with Crippen LogP contribution in [-0.4, -0.2) is 57.9 Å². The van der Waals surface area contributed by atoms with Gasteiger partial charge in [0.25, 0.3) is 0 Å². The number of carbonyl (C=O) groups is 2. The van der Waals surface area contributed by atoms with Gasteiger partial charge in [-0.1, -0.05) is 11.6 Å². The maximum Gasteiger partial charge on any atom is 0.415 e. The average Bonchev–Trinajstić information content (AvgIpc) is 3.53. The number of anilines is 1. The number of carbonyl (C=O) groups excluding carboxylic acids is 2. The highest BCUT2D eigenvalue weighted by atomic mass is 35.5. The number of rotatable bonds is 8. The minimum absolute atomic E-state index is 0.109. The zero-order valence-corrected chi connectivity index (χ0v) is 21.6. The molecule has 2 aliphatic heterocycles. The summed E-state index contributed by atoms with van der Waals surface area (Å²) >= 11 is 6.46. The molecule has 5 rings (SSSR count). The molecule has 2 aromatic carbocycles. The third-order valence-corrected chi connectivity index (χ3v) is 6.56. The highest BCUT2D eigenvalue weighted by Crippen LogP contribution is 2.36. The quantitative estimate of drug-likeness (QED) is 0.323. The van der Waals surface area contributed by atoms with Crippen LogP contribution in [-0.2, 0) is 16.1 Å². The van der Waals surface area contributed by atoms with Crippen LogP contribution in [0.25, 0.3) is 11.1 Å². The lowest BCUT2D eigenvalue weighted by molar-refractivity contribution is -0.389. The third kappa shape index (κ3) is 5.43. The molecule has 0 spiro atoms. The molecule has 0 radical (unpaired) electrons. The predicted molar refractivity (Wildman–Crippen MR) is 137 cm³/mol. The summed E-state index contributed by atoms with van der Waals surface area (Å²) in [4.78, 5) is 38.8. The molecule has 2 unspecified atom stereocenters. The summed E-state index contributed by atoms with van der Waals surface area (Å²) in [5, 5.41) is 13.7. The fourth-order valence-electron chi connectivity index (χ4n) is 4.38. The SMILES string of the molecule is CC(=O)NCC1CN(c2ccc(-c3ccc(OCC4(C)Cn5cc([N+](=O)[O-])nc5O4)cc3Cl)c(F)c2)C(=O)O1. The molecule has 0 saturated carbocycles. The Morgan fingerprint density at radius 3 is 2.77 bits per heavy atom. The van der Waals surface area contributed by atoms with Gasteiger partial charge in [-0.25, -0.2) is 9.18 Å². The van der Waals surface area contributed by atoms with Crippen molar-refractivity contribution >= 4 is 35.1 Å².